The molecule has 1 aliphatic rings. The first-order valence-electron chi connectivity index (χ1n) is 6.85. The van der Waals surface area contributed by atoms with Gasteiger partial charge in [-0.2, -0.15) is 0 Å². The number of anilines is 1. The molecule has 21 heavy (non-hydrogen) atoms. The number of benzene rings is 1. The van der Waals surface area contributed by atoms with Crippen LogP contribution in [0.5, 0.6) is 0 Å². The Morgan fingerprint density at radius 1 is 1.43 bits per heavy atom. The van der Waals surface area contributed by atoms with Crippen molar-refractivity contribution in [2.24, 2.45) is 0 Å². The molecule has 7 heteroatoms. The fourth-order valence-electron chi connectivity index (χ4n) is 2.60. The number of hydrogen-bond donors (Lipinski definition) is 2. The Labute approximate surface area is 122 Å². The van der Waals surface area contributed by atoms with Gasteiger partial charge in [-0.05, 0) is 31.4 Å². The Hall–Kier alpha value is -2.15. The molecule has 0 radical (unpaired) electrons. The number of nitrogens with zero attached hydrogens (tertiary/aromatic N) is 1. The molecule has 0 aromatic heterocycles. The standard InChI is InChI=1S/C14H19N3O4/c1-15-14(18)9-3-6-12(13(7-9)17(19)20)16-10-4-5-11(8-10)21-2/h3,6-7,10-11,16H,4-5,8H2,1-2H3,(H,15,18). The van der Waals surface area contributed by atoms with Crippen molar-refractivity contribution in [3.8, 4) is 0 Å². The molecule has 0 aliphatic heterocycles. The summed E-state index contributed by atoms with van der Waals surface area (Å²) in [6.07, 6.45) is 2.88. The highest BCUT2D eigenvalue weighted by molar-refractivity contribution is 5.95. The van der Waals surface area contributed by atoms with E-state index in [4.69, 9.17) is 4.74 Å². The molecule has 2 N–H and O–H groups in total. The van der Waals surface area contributed by atoms with Gasteiger partial charge in [0.1, 0.15) is 5.69 Å². The van der Waals surface area contributed by atoms with Crippen molar-refractivity contribution in [2.75, 3.05) is 19.5 Å². The van der Waals surface area contributed by atoms with E-state index < -0.39 is 4.92 Å². The van der Waals surface area contributed by atoms with Crippen LogP contribution >= 0.6 is 0 Å². The van der Waals surface area contributed by atoms with Crippen molar-refractivity contribution >= 4 is 17.3 Å². The van der Waals surface area contributed by atoms with Crippen molar-refractivity contribution in [1.82, 2.24) is 5.32 Å². The van der Waals surface area contributed by atoms with Crippen molar-refractivity contribution in [1.29, 1.82) is 0 Å². The number of methoxy groups -OCH3 is 1. The molecule has 0 saturated heterocycles. The molecule has 1 aromatic rings. The molecule has 114 valence electrons. The van der Waals surface area contributed by atoms with Gasteiger partial charge < -0.3 is 15.4 Å². The molecule has 1 fully saturated rings. The molecule has 0 spiro atoms. The van der Waals surface area contributed by atoms with Crippen LogP contribution in [-0.4, -0.2) is 37.1 Å². The van der Waals surface area contributed by atoms with E-state index in [1.165, 1.54) is 13.1 Å². The summed E-state index contributed by atoms with van der Waals surface area (Å²) < 4.78 is 5.30. The minimum atomic E-state index is -0.475. The molecule has 1 aromatic carbocycles. The Morgan fingerprint density at radius 2 is 2.19 bits per heavy atom. The van der Waals surface area contributed by atoms with Crippen LogP contribution in [-0.2, 0) is 4.74 Å². The average Bonchev–Trinajstić information content (AvgIpc) is 2.94. The van der Waals surface area contributed by atoms with Crippen molar-refractivity contribution in [3.63, 3.8) is 0 Å². The number of ether oxygens (including phenoxy) is 1. The summed E-state index contributed by atoms with van der Waals surface area (Å²) in [6.45, 7) is 0. The minimum Gasteiger partial charge on any atom is -0.381 e. The Bertz CT molecular complexity index is 547. The van der Waals surface area contributed by atoms with E-state index in [9.17, 15) is 14.9 Å². The predicted molar refractivity (Wildman–Crippen MR) is 78.5 cm³/mol. The molecule has 2 atom stereocenters. The highest BCUT2D eigenvalue weighted by atomic mass is 16.6. The first-order chi connectivity index (χ1) is 10.0. The Kier molecular flexibility index (Phi) is 4.74. The molecule has 1 aliphatic carbocycles. The molecule has 2 rings (SSSR count). The summed E-state index contributed by atoms with van der Waals surface area (Å²) in [5.74, 6) is -0.343. The van der Waals surface area contributed by atoms with Crippen LogP contribution in [0, 0.1) is 10.1 Å². The number of carbonyl (C=O) groups excluding carboxylic acids is 1. The molecular weight excluding hydrogens is 274 g/mol. The van der Waals surface area contributed by atoms with Crippen LogP contribution in [0.15, 0.2) is 18.2 Å². The maximum atomic E-state index is 11.6. The molecule has 1 saturated carbocycles. The van der Waals surface area contributed by atoms with E-state index in [0.29, 0.717) is 5.69 Å². The monoisotopic (exact) mass is 293 g/mol. The summed E-state index contributed by atoms with van der Waals surface area (Å²) in [5, 5.41) is 16.8. The molecule has 0 heterocycles. The molecule has 1 amide bonds. The number of rotatable bonds is 5. The van der Waals surface area contributed by atoms with Crippen LogP contribution < -0.4 is 10.6 Å². The summed E-state index contributed by atoms with van der Waals surface area (Å²) in [7, 11) is 3.16. The van der Waals surface area contributed by atoms with Crippen LogP contribution in [0.2, 0.25) is 0 Å². The van der Waals surface area contributed by atoms with Gasteiger partial charge in [0.2, 0.25) is 0 Å². The largest absolute Gasteiger partial charge is 0.381 e. The van der Waals surface area contributed by atoms with Gasteiger partial charge in [-0.15, -0.1) is 0 Å². The summed E-state index contributed by atoms with van der Waals surface area (Å²) in [4.78, 5) is 22.3. The second kappa shape index (κ2) is 6.53. The highest BCUT2D eigenvalue weighted by Gasteiger charge is 2.26. The maximum absolute atomic E-state index is 11.6. The topological polar surface area (TPSA) is 93.5 Å². The predicted octanol–water partition coefficient (Wildman–Crippen LogP) is 1.93. The van der Waals surface area contributed by atoms with Crippen LogP contribution in [0.4, 0.5) is 11.4 Å². The zero-order valence-corrected chi connectivity index (χ0v) is 12.1. The number of carbonyl (C=O) groups is 1. The van der Waals surface area contributed by atoms with Gasteiger partial charge in [0, 0.05) is 31.8 Å². The van der Waals surface area contributed by atoms with E-state index in [0.717, 1.165) is 19.3 Å². The quantitative estimate of drug-likeness (QED) is 0.639. The SMILES string of the molecule is CNC(=O)c1ccc(NC2CCC(OC)C2)c([N+](=O)[O-])c1. The van der Waals surface area contributed by atoms with Gasteiger partial charge in [0.15, 0.2) is 0 Å². The first-order valence-corrected chi connectivity index (χ1v) is 6.85. The summed E-state index contributed by atoms with van der Waals surface area (Å²) in [5.41, 5.74) is 0.627. The normalized spacial score (nSPS) is 21.0. The van der Waals surface area contributed by atoms with Crippen molar-refractivity contribution < 1.29 is 14.5 Å². The third-order valence-corrected chi connectivity index (χ3v) is 3.76. The van der Waals surface area contributed by atoms with E-state index in [1.54, 1.807) is 19.2 Å². The van der Waals surface area contributed by atoms with Gasteiger partial charge in [-0.1, -0.05) is 0 Å². The van der Waals surface area contributed by atoms with Gasteiger partial charge >= 0.3 is 0 Å². The molecular formula is C14H19N3O4. The molecule has 7 nitrogen and oxygen atoms in total. The summed E-state index contributed by atoms with van der Waals surface area (Å²) in [6, 6.07) is 4.61. The van der Waals surface area contributed by atoms with E-state index in [2.05, 4.69) is 10.6 Å². The average molecular weight is 293 g/mol. The third-order valence-electron chi connectivity index (χ3n) is 3.76. The van der Waals surface area contributed by atoms with Gasteiger partial charge in [0.25, 0.3) is 11.6 Å². The highest BCUT2D eigenvalue weighted by Crippen LogP contribution is 2.30. The number of nitrogens with one attached hydrogen (secondary N) is 2. The van der Waals surface area contributed by atoms with E-state index >= 15 is 0 Å². The minimum absolute atomic E-state index is 0.0861. The smallest absolute Gasteiger partial charge is 0.293 e. The lowest BCUT2D eigenvalue weighted by atomic mass is 10.1. The second-order valence-corrected chi connectivity index (χ2v) is 5.08. The molecule has 2 unspecified atom stereocenters. The third kappa shape index (κ3) is 3.49. The van der Waals surface area contributed by atoms with Gasteiger partial charge in [0.05, 0.1) is 11.0 Å². The van der Waals surface area contributed by atoms with Gasteiger partial charge in [-0.25, -0.2) is 0 Å². The zero-order valence-electron chi connectivity index (χ0n) is 12.1. The fraction of sp³-hybridized carbons (Fsp3) is 0.500. The first kappa shape index (κ1) is 15.2. The second-order valence-electron chi connectivity index (χ2n) is 5.08. The lowest BCUT2D eigenvalue weighted by Crippen LogP contribution is -2.20. The Balaban J connectivity index is 2.19. The van der Waals surface area contributed by atoms with Crippen LogP contribution in [0.1, 0.15) is 29.6 Å². The van der Waals surface area contributed by atoms with E-state index in [-0.39, 0.29) is 29.3 Å². The van der Waals surface area contributed by atoms with Gasteiger partial charge in [-0.3, -0.25) is 14.9 Å². The van der Waals surface area contributed by atoms with Crippen LogP contribution in [0.25, 0.3) is 0 Å². The molecule has 0 bridgehead atoms. The number of hydrogen-bond acceptors (Lipinski definition) is 5. The lowest BCUT2D eigenvalue weighted by molar-refractivity contribution is -0.384. The summed E-state index contributed by atoms with van der Waals surface area (Å²) >= 11 is 0. The van der Waals surface area contributed by atoms with Crippen molar-refractivity contribution in [2.45, 2.75) is 31.4 Å². The number of nitro groups is 1. The lowest BCUT2D eigenvalue weighted by Gasteiger charge is -2.15. The maximum Gasteiger partial charge on any atom is 0.293 e. The van der Waals surface area contributed by atoms with Crippen molar-refractivity contribution in [3.05, 3.63) is 33.9 Å². The fourth-order valence-corrected chi connectivity index (χ4v) is 2.60. The van der Waals surface area contributed by atoms with Crippen LogP contribution in [0.3, 0.4) is 0 Å². The Morgan fingerprint density at radius 3 is 2.76 bits per heavy atom. The van der Waals surface area contributed by atoms with E-state index in [1.807, 2.05) is 0 Å². The zero-order chi connectivity index (χ0) is 15.4. The number of amides is 1. The number of nitro benzene ring substituents is 1.